The topological polar surface area (TPSA) is 44.4 Å². The third kappa shape index (κ3) is 2.77. The highest BCUT2D eigenvalue weighted by Gasteiger charge is 2.25. The molecule has 0 bridgehead atoms. The van der Waals surface area contributed by atoms with Gasteiger partial charge in [-0.1, -0.05) is 18.2 Å². The molecule has 92 valence electrons. The number of benzene rings is 1. The molecule has 0 radical (unpaired) electrons. The van der Waals surface area contributed by atoms with Crippen LogP contribution in [-0.2, 0) is 0 Å². The van der Waals surface area contributed by atoms with E-state index in [-0.39, 0.29) is 6.03 Å². The van der Waals surface area contributed by atoms with Gasteiger partial charge in [-0.25, -0.2) is 4.79 Å². The molecular weight excluding hydrogens is 214 g/mol. The highest BCUT2D eigenvalue weighted by molar-refractivity contribution is 5.90. The zero-order valence-electron chi connectivity index (χ0n) is 10.4. The van der Waals surface area contributed by atoms with Gasteiger partial charge in [0.15, 0.2) is 0 Å². The summed E-state index contributed by atoms with van der Waals surface area (Å²) in [7, 11) is 1.94. The van der Waals surface area contributed by atoms with Crippen LogP contribution in [0.2, 0.25) is 0 Å². The summed E-state index contributed by atoms with van der Waals surface area (Å²) in [4.78, 5) is 13.9. The molecule has 4 nitrogen and oxygen atoms in total. The van der Waals surface area contributed by atoms with Crippen molar-refractivity contribution >= 4 is 11.7 Å². The minimum absolute atomic E-state index is 0.00273. The van der Waals surface area contributed by atoms with Crippen LogP contribution in [0.15, 0.2) is 24.3 Å². The molecular formula is C13H19N3O. The number of carbonyl (C=O) groups is 1. The molecule has 1 aliphatic rings. The van der Waals surface area contributed by atoms with Crippen molar-refractivity contribution in [2.75, 3.05) is 25.5 Å². The SMILES string of the molecule is CN[C@H]1CCN(C(=O)Nc2ccccc2C)C1. The number of nitrogens with zero attached hydrogens (tertiary/aromatic N) is 1. The van der Waals surface area contributed by atoms with Crippen LogP contribution in [0.25, 0.3) is 0 Å². The first-order chi connectivity index (χ1) is 8.20. The van der Waals surface area contributed by atoms with Crippen LogP contribution in [0.1, 0.15) is 12.0 Å². The average Bonchev–Trinajstić information content (AvgIpc) is 2.81. The summed E-state index contributed by atoms with van der Waals surface area (Å²) in [5, 5.41) is 6.16. The first kappa shape index (κ1) is 11.9. The van der Waals surface area contributed by atoms with E-state index >= 15 is 0 Å². The van der Waals surface area contributed by atoms with E-state index in [4.69, 9.17) is 0 Å². The monoisotopic (exact) mass is 233 g/mol. The van der Waals surface area contributed by atoms with Crippen LogP contribution < -0.4 is 10.6 Å². The van der Waals surface area contributed by atoms with E-state index in [9.17, 15) is 4.79 Å². The zero-order valence-corrected chi connectivity index (χ0v) is 10.4. The minimum atomic E-state index is -0.00273. The van der Waals surface area contributed by atoms with E-state index in [1.807, 2.05) is 43.1 Å². The standard InChI is InChI=1S/C13H19N3O/c1-10-5-3-4-6-12(10)15-13(17)16-8-7-11(9-16)14-2/h3-6,11,14H,7-9H2,1-2H3,(H,15,17)/t11-/m0/s1. The summed E-state index contributed by atoms with van der Waals surface area (Å²) in [5.74, 6) is 0. The van der Waals surface area contributed by atoms with Gasteiger partial charge in [0, 0.05) is 24.8 Å². The molecule has 2 N–H and O–H groups in total. The van der Waals surface area contributed by atoms with Crippen molar-refractivity contribution in [3.05, 3.63) is 29.8 Å². The van der Waals surface area contributed by atoms with Gasteiger partial charge < -0.3 is 15.5 Å². The molecule has 1 fully saturated rings. The molecule has 0 aromatic heterocycles. The average molecular weight is 233 g/mol. The van der Waals surface area contributed by atoms with Gasteiger partial charge in [0.1, 0.15) is 0 Å². The molecule has 1 atom stereocenters. The summed E-state index contributed by atoms with van der Waals surface area (Å²) in [6, 6.07) is 8.25. The van der Waals surface area contributed by atoms with Gasteiger partial charge in [0.2, 0.25) is 0 Å². The first-order valence-corrected chi connectivity index (χ1v) is 5.99. The van der Waals surface area contributed by atoms with E-state index in [0.717, 1.165) is 30.8 Å². The lowest BCUT2D eigenvalue weighted by Crippen LogP contribution is -2.36. The molecule has 4 heteroatoms. The quantitative estimate of drug-likeness (QED) is 0.818. The van der Waals surface area contributed by atoms with Crippen molar-refractivity contribution < 1.29 is 4.79 Å². The molecule has 1 aromatic rings. The van der Waals surface area contributed by atoms with Gasteiger partial charge >= 0.3 is 6.03 Å². The van der Waals surface area contributed by atoms with Crippen molar-refractivity contribution in [1.82, 2.24) is 10.2 Å². The second kappa shape index (κ2) is 5.19. The fraction of sp³-hybridized carbons (Fsp3) is 0.462. The Labute approximate surface area is 102 Å². The normalized spacial score (nSPS) is 19.4. The fourth-order valence-corrected chi connectivity index (χ4v) is 2.09. The highest BCUT2D eigenvalue weighted by atomic mass is 16.2. The van der Waals surface area contributed by atoms with Crippen molar-refractivity contribution in [2.24, 2.45) is 0 Å². The van der Waals surface area contributed by atoms with Crippen LogP contribution in [-0.4, -0.2) is 37.1 Å². The Kier molecular flexibility index (Phi) is 3.64. The van der Waals surface area contributed by atoms with Crippen molar-refractivity contribution in [3.8, 4) is 0 Å². The molecule has 0 spiro atoms. The molecule has 1 aromatic carbocycles. The van der Waals surface area contributed by atoms with Gasteiger partial charge in [-0.3, -0.25) is 0 Å². The van der Waals surface area contributed by atoms with E-state index in [0.29, 0.717) is 6.04 Å². The van der Waals surface area contributed by atoms with Crippen LogP contribution in [0.5, 0.6) is 0 Å². The Balaban J connectivity index is 1.96. The largest absolute Gasteiger partial charge is 0.323 e. The second-order valence-corrected chi connectivity index (χ2v) is 4.47. The Bertz CT molecular complexity index is 405. The van der Waals surface area contributed by atoms with Gasteiger partial charge in [-0.2, -0.15) is 0 Å². The minimum Gasteiger partial charge on any atom is -0.323 e. The smallest absolute Gasteiger partial charge is 0.321 e. The Morgan fingerprint density at radius 2 is 2.18 bits per heavy atom. The van der Waals surface area contributed by atoms with Crippen molar-refractivity contribution in [2.45, 2.75) is 19.4 Å². The Hall–Kier alpha value is -1.55. The first-order valence-electron chi connectivity index (χ1n) is 5.99. The molecule has 1 saturated heterocycles. The zero-order chi connectivity index (χ0) is 12.3. The number of anilines is 1. The Morgan fingerprint density at radius 1 is 1.41 bits per heavy atom. The maximum atomic E-state index is 12.0. The summed E-state index contributed by atoms with van der Waals surface area (Å²) >= 11 is 0. The van der Waals surface area contributed by atoms with Gasteiger partial charge in [-0.15, -0.1) is 0 Å². The number of hydrogen-bond donors (Lipinski definition) is 2. The summed E-state index contributed by atoms with van der Waals surface area (Å²) in [5.41, 5.74) is 1.98. The third-order valence-corrected chi connectivity index (χ3v) is 3.27. The Morgan fingerprint density at radius 3 is 2.82 bits per heavy atom. The number of aryl methyl sites for hydroxylation is 1. The molecule has 1 aliphatic heterocycles. The number of carbonyl (C=O) groups excluding carboxylic acids is 1. The lowest BCUT2D eigenvalue weighted by atomic mass is 10.2. The highest BCUT2D eigenvalue weighted by Crippen LogP contribution is 2.16. The molecule has 0 saturated carbocycles. The fourth-order valence-electron chi connectivity index (χ4n) is 2.09. The maximum Gasteiger partial charge on any atom is 0.321 e. The second-order valence-electron chi connectivity index (χ2n) is 4.47. The lowest BCUT2D eigenvalue weighted by Gasteiger charge is -2.18. The summed E-state index contributed by atoms with van der Waals surface area (Å²) in [6.07, 6.45) is 1.03. The van der Waals surface area contributed by atoms with Crippen LogP contribution >= 0.6 is 0 Å². The van der Waals surface area contributed by atoms with Crippen molar-refractivity contribution in [1.29, 1.82) is 0 Å². The number of urea groups is 1. The van der Waals surface area contributed by atoms with Gasteiger partial charge in [-0.05, 0) is 32.0 Å². The van der Waals surface area contributed by atoms with Crippen molar-refractivity contribution in [3.63, 3.8) is 0 Å². The molecule has 2 amide bonds. The molecule has 0 unspecified atom stereocenters. The summed E-state index contributed by atoms with van der Waals surface area (Å²) < 4.78 is 0. The molecule has 17 heavy (non-hydrogen) atoms. The number of likely N-dealkylation sites (tertiary alicyclic amines) is 1. The number of likely N-dealkylation sites (N-methyl/N-ethyl adjacent to an activating group) is 1. The van der Waals surface area contributed by atoms with E-state index in [2.05, 4.69) is 10.6 Å². The van der Waals surface area contributed by atoms with E-state index in [1.165, 1.54) is 0 Å². The number of rotatable bonds is 2. The number of hydrogen-bond acceptors (Lipinski definition) is 2. The molecule has 1 heterocycles. The number of nitrogens with one attached hydrogen (secondary N) is 2. The van der Waals surface area contributed by atoms with Crippen LogP contribution in [0, 0.1) is 6.92 Å². The van der Waals surface area contributed by atoms with Gasteiger partial charge in [0.25, 0.3) is 0 Å². The van der Waals surface area contributed by atoms with Crippen LogP contribution in [0.3, 0.4) is 0 Å². The molecule has 0 aliphatic carbocycles. The number of para-hydroxylation sites is 1. The van der Waals surface area contributed by atoms with Crippen LogP contribution in [0.4, 0.5) is 10.5 Å². The summed E-state index contributed by atoms with van der Waals surface area (Å²) in [6.45, 7) is 3.60. The predicted octanol–water partition coefficient (Wildman–Crippen LogP) is 1.82. The third-order valence-electron chi connectivity index (χ3n) is 3.27. The number of amides is 2. The lowest BCUT2D eigenvalue weighted by molar-refractivity contribution is 0.221. The molecule has 2 rings (SSSR count). The predicted molar refractivity (Wildman–Crippen MR) is 69.2 cm³/mol. The maximum absolute atomic E-state index is 12.0. The van der Waals surface area contributed by atoms with E-state index in [1.54, 1.807) is 0 Å². The van der Waals surface area contributed by atoms with E-state index < -0.39 is 0 Å². The van der Waals surface area contributed by atoms with Gasteiger partial charge in [0.05, 0.1) is 0 Å².